The van der Waals surface area contributed by atoms with Gasteiger partial charge in [0.1, 0.15) is 12.0 Å². The Balaban J connectivity index is 2.11. The van der Waals surface area contributed by atoms with Crippen molar-refractivity contribution in [1.82, 2.24) is 9.80 Å². The number of hydrogen-bond donors (Lipinski definition) is 0. The second-order valence-electron chi connectivity index (χ2n) is 5.25. The molecule has 0 N–H and O–H groups in total. The van der Waals surface area contributed by atoms with Crippen LogP contribution in [0.5, 0.6) is 5.75 Å². The van der Waals surface area contributed by atoms with E-state index in [4.69, 9.17) is 4.74 Å². The van der Waals surface area contributed by atoms with Crippen LogP contribution in [0.1, 0.15) is 22.8 Å². The highest BCUT2D eigenvalue weighted by Crippen LogP contribution is 2.22. The molecular weight excluding hydrogens is 240 g/mol. The van der Waals surface area contributed by atoms with E-state index in [0.717, 1.165) is 43.8 Å². The summed E-state index contributed by atoms with van der Waals surface area (Å²) in [4.78, 5) is 15.7. The fourth-order valence-corrected chi connectivity index (χ4v) is 2.50. The fourth-order valence-electron chi connectivity index (χ4n) is 2.50. The largest absolute Gasteiger partial charge is 0.496 e. The zero-order valence-electron chi connectivity index (χ0n) is 11.9. The van der Waals surface area contributed by atoms with E-state index in [9.17, 15) is 4.79 Å². The van der Waals surface area contributed by atoms with Crippen molar-refractivity contribution in [3.63, 3.8) is 0 Å². The number of aldehydes is 1. The summed E-state index contributed by atoms with van der Waals surface area (Å²) < 4.78 is 5.38. The Bertz CT molecular complexity index is 448. The van der Waals surface area contributed by atoms with Crippen LogP contribution in [0.4, 0.5) is 0 Å². The van der Waals surface area contributed by atoms with Crippen molar-refractivity contribution >= 4 is 6.29 Å². The second-order valence-corrected chi connectivity index (χ2v) is 5.25. The molecular formula is C15H22N2O2. The van der Waals surface area contributed by atoms with Crippen LogP contribution >= 0.6 is 0 Å². The van der Waals surface area contributed by atoms with Crippen molar-refractivity contribution in [3.05, 3.63) is 29.3 Å². The molecule has 0 aromatic heterocycles. The minimum absolute atomic E-state index is 0.564. The average Bonchev–Trinajstić information content (AvgIpc) is 2.43. The molecule has 19 heavy (non-hydrogen) atoms. The van der Waals surface area contributed by atoms with Gasteiger partial charge < -0.3 is 9.64 Å². The zero-order chi connectivity index (χ0) is 13.8. The molecule has 2 rings (SSSR count). The number of carbonyl (C=O) groups is 1. The summed E-state index contributed by atoms with van der Waals surface area (Å²) in [5.74, 6) is 0.859. The molecule has 0 spiro atoms. The average molecular weight is 262 g/mol. The first-order chi connectivity index (χ1) is 9.13. The highest BCUT2D eigenvalue weighted by atomic mass is 16.5. The number of benzene rings is 1. The Morgan fingerprint density at radius 1 is 1.42 bits per heavy atom. The number of piperazine rings is 1. The molecule has 1 aliphatic rings. The first-order valence-corrected chi connectivity index (χ1v) is 6.68. The van der Waals surface area contributed by atoms with Gasteiger partial charge in [-0.05, 0) is 32.2 Å². The van der Waals surface area contributed by atoms with Crippen LogP contribution in [0.25, 0.3) is 0 Å². The number of hydrogen-bond acceptors (Lipinski definition) is 4. The normalized spacial score (nSPS) is 21.3. The number of nitrogens with zero attached hydrogens (tertiary/aromatic N) is 2. The van der Waals surface area contributed by atoms with E-state index in [1.54, 1.807) is 13.2 Å². The van der Waals surface area contributed by atoms with E-state index in [-0.39, 0.29) is 0 Å². The van der Waals surface area contributed by atoms with E-state index in [0.29, 0.717) is 11.6 Å². The molecule has 0 aliphatic carbocycles. The van der Waals surface area contributed by atoms with Crippen molar-refractivity contribution in [2.45, 2.75) is 19.5 Å². The number of likely N-dealkylation sites (N-methyl/N-ethyl adjacent to an activating group) is 1. The monoisotopic (exact) mass is 262 g/mol. The molecule has 1 aliphatic heterocycles. The molecule has 1 atom stereocenters. The number of carbonyl (C=O) groups excluding carboxylic acids is 1. The van der Waals surface area contributed by atoms with Crippen LogP contribution in [-0.2, 0) is 6.54 Å². The Morgan fingerprint density at radius 3 is 2.84 bits per heavy atom. The van der Waals surface area contributed by atoms with E-state index < -0.39 is 0 Å². The van der Waals surface area contributed by atoms with Crippen LogP contribution < -0.4 is 4.74 Å². The molecule has 1 saturated heterocycles. The maximum absolute atomic E-state index is 10.9. The number of rotatable bonds is 4. The maximum atomic E-state index is 10.9. The lowest BCUT2D eigenvalue weighted by molar-refractivity contribution is 0.0992. The molecule has 0 saturated carbocycles. The van der Waals surface area contributed by atoms with Gasteiger partial charge in [-0.25, -0.2) is 0 Å². The number of ether oxygens (including phenoxy) is 1. The summed E-state index contributed by atoms with van der Waals surface area (Å²) in [6.45, 7) is 6.26. The van der Waals surface area contributed by atoms with Crippen molar-refractivity contribution in [1.29, 1.82) is 0 Å². The van der Waals surface area contributed by atoms with Crippen LogP contribution in [0.15, 0.2) is 18.2 Å². The number of methoxy groups -OCH3 is 1. The second kappa shape index (κ2) is 6.17. The van der Waals surface area contributed by atoms with Crippen molar-refractivity contribution in [2.24, 2.45) is 0 Å². The van der Waals surface area contributed by atoms with Crippen LogP contribution in [0, 0.1) is 0 Å². The van der Waals surface area contributed by atoms with E-state index in [1.807, 2.05) is 12.1 Å². The van der Waals surface area contributed by atoms with E-state index >= 15 is 0 Å². The molecule has 1 unspecified atom stereocenters. The quantitative estimate of drug-likeness (QED) is 0.772. The molecule has 1 fully saturated rings. The molecule has 4 nitrogen and oxygen atoms in total. The van der Waals surface area contributed by atoms with Gasteiger partial charge in [0.2, 0.25) is 0 Å². The molecule has 0 bridgehead atoms. The molecule has 104 valence electrons. The smallest absolute Gasteiger partial charge is 0.150 e. The predicted molar refractivity (Wildman–Crippen MR) is 75.8 cm³/mol. The lowest BCUT2D eigenvalue weighted by Gasteiger charge is -2.37. The van der Waals surface area contributed by atoms with Crippen molar-refractivity contribution in [3.8, 4) is 5.75 Å². The standard InChI is InChI=1S/C15H22N2O2/c1-12-9-17(7-6-16(12)2)10-14-8-13(11-18)4-5-15(14)19-3/h4-5,8,11-12H,6-7,9-10H2,1-3H3. The van der Waals surface area contributed by atoms with Gasteiger partial charge in [-0.2, -0.15) is 0 Å². The fraction of sp³-hybridized carbons (Fsp3) is 0.533. The Labute approximate surface area is 115 Å². The molecule has 1 aromatic carbocycles. The minimum Gasteiger partial charge on any atom is -0.496 e. The first-order valence-electron chi connectivity index (χ1n) is 6.68. The Morgan fingerprint density at radius 2 is 2.21 bits per heavy atom. The predicted octanol–water partition coefficient (Wildman–Crippen LogP) is 1.64. The summed E-state index contributed by atoms with van der Waals surface area (Å²) in [6, 6.07) is 6.16. The Hall–Kier alpha value is -1.39. The van der Waals surface area contributed by atoms with Crippen LogP contribution in [0.3, 0.4) is 0 Å². The lowest BCUT2D eigenvalue weighted by atomic mass is 10.1. The minimum atomic E-state index is 0.564. The third-order valence-electron chi connectivity index (χ3n) is 3.88. The van der Waals surface area contributed by atoms with Crippen molar-refractivity contribution < 1.29 is 9.53 Å². The van der Waals surface area contributed by atoms with Gasteiger partial charge in [0.15, 0.2) is 0 Å². The summed E-state index contributed by atoms with van der Waals surface area (Å²) in [5, 5.41) is 0. The van der Waals surface area contributed by atoms with Gasteiger partial charge in [-0.3, -0.25) is 9.69 Å². The van der Waals surface area contributed by atoms with Gasteiger partial charge in [0, 0.05) is 43.3 Å². The lowest BCUT2D eigenvalue weighted by Crippen LogP contribution is -2.49. The first kappa shape index (κ1) is 14.0. The molecule has 0 amide bonds. The molecule has 4 heteroatoms. The van der Waals surface area contributed by atoms with Gasteiger partial charge in [-0.15, -0.1) is 0 Å². The van der Waals surface area contributed by atoms with Gasteiger partial charge in [-0.1, -0.05) is 0 Å². The van der Waals surface area contributed by atoms with Gasteiger partial charge in [0.05, 0.1) is 7.11 Å². The molecule has 1 heterocycles. The van der Waals surface area contributed by atoms with E-state index in [2.05, 4.69) is 23.8 Å². The highest BCUT2D eigenvalue weighted by molar-refractivity contribution is 5.75. The maximum Gasteiger partial charge on any atom is 0.150 e. The van der Waals surface area contributed by atoms with Crippen LogP contribution in [0.2, 0.25) is 0 Å². The summed E-state index contributed by atoms with van der Waals surface area (Å²) >= 11 is 0. The summed E-state index contributed by atoms with van der Waals surface area (Å²) in [5.41, 5.74) is 1.79. The van der Waals surface area contributed by atoms with Crippen LogP contribution in [-0.4, -0.2) is 55.9 Å². The topological polar surface area (TPSA) is 32.8 Å². The van der Waals surface area contributed by atoms with E-state index in [1.165, 1.54) is 0 Å². The van der Waals surface area contributed by atoms with Crippen molar-refractivity contribution in [2.75, 3.05) is 33.8 Å². The SMILES string of the molecule is COc1ccc(C=O)cc1CN1CCN(C)C(C)C1. The zero-order valence-corrected chi connectivity index (χ0v) is 11.9. The van der Waals surface area contributed by atoms with Gasteiger partial charge >= 0.3 is 0 Å². The summed E-state index contributed by atoms with van der Waals surface area (Å²) in [6.07, 6.45) is 0.884. The molecule has 1 aromatic rings. The van der Waals surface area contributed by atoms with Gasteiger partial charge in [0.25, 0.3) is 0 Å². The Kier molecular flexibility index (Phi) is 4.56. The third-order valence-corrected chi connectivity index (χ3v) is 3.88. The molecule has 0 radical (unpaired) electrons. The third kappa shape index (κ3) is 3.33. The highest BCUT2D eigenvalue weighted by Gasteiger charge is 2.21. The summed E-state index contributed by atoms with van der Waals surface area (Å²) in [7, 11) is 3.83.